The van der Waals surface area contributed by atoms with Gasteiger partial charge in [0.15, 0.2) is 0 Å². The second kappa shape index (κ2) is 8.96. The Hall–Kier alpha value is -2.18. The van der Waals surface area contributed by atoms with Crippen LogP contribution in [0.3, 0.4) is 0 Å². The SMILES string of the molecule is NC(=O)C(C(=O)NCC1CCN(Cc2cccs2)CC1)c1ccccc1. The summed E-state index contributed by atoms with van der Waals surface area (Å²) in [5.74, 6) is -1.39. The molecule has 0 saturated carbocycles. The monoisotopic (exact) mass is 371 g/mol. The molecule has 1 aliphatic rings. The molecule has 2 amide bonds. The van der Waals surface area contributed by atoms with E-state index < -0.39 is 11.8 Å². The molecule has 1 saturated heterocycles. The fraction of sp³-hybridized carbons (Fsp3) is 0.400. The third-order valence-corrected chi connectivity index (χ3v) is 5.77. The van der Waals surface area contributed by atoms with Crippen LogP contribution in [-0.2, 0) is 16.1 Å². The molecule has 2 heterocycles. The number of benzene rings is 1. The summed E-state index contributed by atoms with van der Waals surface area (Å²) in [5, 5.41) is 5.05. The van der Waals surface area contributed by atoms with Crippen LogP contribution >= 0.6 is 11.3 Å². The molecular formula is C20H25N3O2S. The number of nitrogens with two attached hydrogens (primary N) is 1. The van der Waals surface area contributed by atoms with Crippen LogP contribution in [0.1, 0.15) is 29.2 Å². The van der Waals surface area contributed by atoms with Crippen LogP contribution in [0.15, 0.2) is 47.8 Å². The van der Waals surface area contributed by atoms with Gasteiger partial charge in [0.2, 0.25) is 11.8 Å². The van der Waals surface area contributed by atoms with Gasteiger partial charge in [0.1, 0.15) is 5.92 Å². The van der Waals surface area contributed by atoms with Crippen LogP contribution in [0.5, 0.6) is 0 Å². The van der Waals surface area contributed by atoms with Crippen molar-refractivity contribution in [3.8, 4) is 0 Å². The largest absolute Gasteiger partial charge is 0.369 e. The first-order valence-electron chi connectivity index (χ1n) is 9.00. The summed E-state index contributed by atoms with van der Waals surface area (Å²) in [5.41, 5.74) is 6.10. The number of rotatable bonds is 7. The Bertz CT molecular complexity index is 710. The van der Waals surface area contributed by atoms with Gasteiger partial charge in [-0.3, -0.25) is 14.5 Å². The number of hydrogen-bond donors (Lipinski definition) is 2. The van der Waals surface area contributed by atoms with Crippen molar-refractivity contribution in [2.45, 2.75) is 25.3 Å². The molecule has 3 rings (SSSR count). The molecule has 3 N–H and O–H groups in total. The minimum Gasteiger partial charge on any atom is -0.369 e. The Morgan fingerprint density at radius 2 is 1.88 bits per heavy atom. The molecule has 1 aliphatic heterocycles. The standard InChI is InChI=1S/C20H25N3O2S/c21-19(24)18(16-5-2-1-3-6-16)20(25)22-13-15-8-10-23(11-9-15)14-17-7-4-12-26-17/h1-7,12,15,18H,8-11,13-14H2,(H2,21,24)(H,22,25). The van der Waals surface area contributed by atoms with Crippen LogP contribution in [0.4, 0.5) is 0 Å². The molecule has 1 fully saturated rings. The van der Waals surface area contributed by atoms with Gasteiger partial charge in [-0.1, -0.05) is 36.4 Å². The fourth-order valence-electron chi connectivity index (χ4n) is 3.41. The molecule has 1 unspecified atom stereocenters. The molecule has 1 atom stereocenters. The lowest BCUT2D eigenvalue weighted by Crippen LogP contribution is -2.42. The third kappa shape index (κ3) is 4.93. The first kappa shape index (κ1) is 18.6. The van der Waals surface area contributed by atoms with E-state index in [0.29, 0.717) is 18.0 Å². The van der Waals surface area contributed by atoms with Crippen LogP contribution in [0, 0.1) is 5.92 Å². The Balaban J connectivity index is 1.46. The van der Waals surface area contributed by atoms with Gasteiger partial charge < -0.3 is 11.1 Å². The molecule has 5 nitrogen and oxygen atoms in total. The summed E-state index contributed by atoms with van der Waals surface area (Å²) in [6.07, 6.45) is 2.11. The smallest absolute Gasteiger partial charge is 0.237 e. The minimum absolute atomic E-state index is 0.301. The van der Waals surface area contributed by atoms with Gasteiger partial charge in [-0.15, -0.1) is 11.3 Å². The molecule has 0 spiro atoms. The maximum Gasteiger partial charge on any atom is 0.237 e. The summed E-state index contributed by atoms with van der Waals surface area (Å²) in [4.78, 5) is 28.1. The number of thiophene rings is 1. The number of primary amides is 1. The number of nitrogens with one attached hydrogen (secondary N) is 1. The maximum atomic E-state index is 12.5. The number of likely N-dealkylation sites (tertiary alicyclic amines) is 1. The fourth-order valence-corrected chi connectivity index (χ4v) is 4.16. The van der Waals surface area contributed by atoms with Gasteiger partial charge in [-0.25, -0.2) is 0 Å². The topological polar surface area (TPSA) is 75.4 Å². The van der Waals surface area contributed by atoms with Crippen LogP contribution < -0.4 is 11.1 Å². The second-order valence-corrected chi connectivity index (χ2v) is 7.82. The van der Waals surface area contributed by atoms with Crippen molar-refractivity contribution in [1.82, 2.24) is 10.2 Å². The van der Waals surface area contributed by atoms with Gasteiger partial charge in [-0.05, 0) is 48.9 Å². The lowest BCUT2D eigenvalue weighted by Gasteiger charge is -2.31. The molecule has 0 bridgehead atoms. The zero-order valence-corrected chi connectivity index (χ0v) is 15.6. The van der Waals surface area contributed by atoms with Crippen molar-refractivity contribution in [2.75, 3.05) is 19.6 Å². The molecule has 6 heteroatoms. The molecule has 2 aromatic rings. The zero-order valence-electron chi connectivity index (χ0n) is 14.8. The van der Waals surface area contributed by atoms with Crippen molar-refractivity contribution in [3.05, 3.63) is 58.3 Å². The molecule has 26 heavy (non-hydrogen) atoms. The van der Waals surface area contributed by atoms with E-state index in [0.717, 1.165) is 32.5 Å². The first-order valence-corrected chi connectivity index (χ1v) is 9.88. The van der Waals surface area contributed by atoms with Gasteiger partial charge in [0, 0.05) is 18.0 Å². The Kier molecular flexibility index (Phi) is 6.41. The minimum atomic E-state index is -0.921. The highest BCUT2D eigenvalue weighted by molar-refractivity contribution is 7.09. The molecule has 138 valence electrons. The van der Waals surface area contributed by atoms with E-state index >= 15 is 0 Å². The second-order valence-electron chi connectivity index (χ2n) is 6.79. The number of piperidine rings is 1. The van der Waals surface area contributed by atoms with E-state index in [2.05, 4.69) is 27.7 Å². The summed E-state index contributed by atoms with van der Waals surface area (Å²) < 4.78 is 0. The number of hydrogen-bond acceptors (Lipinski definition) is 4. The van der Waals surface area contributed by atoms with Gasteiger partial charge in [-0.2, -0.15) is 0 Å². The summed E-state index contributed by atoms with van der Waals surface area (Å²) >= 11 is 1.79. The maximum absolute atomic E-state index is 12.5. The predicted molar refractivity (Wildman–Crippen MR) is 104 cm³/mol. The van der Waals surface area contributed by atoms with Crippen LogP contribution in [0.25, 0.3) is 0 Å². The number of amides is 2. The lowest BCUT2D eigenvalue weighted by atomic mass is 9.95. The number of carbonyl (C=O) groups excluding carboxylic acids is 2. The highest BCUT2D eigenvalue weighted by Gasteiger charge is 2.27. The zero-order chi connectivity index (χ0) is 18.4. The van der Waals surface area contributed by atoms with E-state index in [1.165, 1.54) is 4.88 Å². The lowest BCUT2D eigenvalue weighted by molar-refractivity contribution is -0.130. The highest BCUT2D eigenvalue weighted by Crippen LogP contribution is 2.21. The van der Waals surface area contributed by atoms with Gasteiger partial charge >= 0.3 is 0 Å². The van der Waals surface area contributed by atoms with Gasteiger partial charge in [0.05, 0.1) is 0 Å². The average Bonchev–Trinajstić information content (AvgIpc) is 3.15. The van der Waals surface area contributed by atoms with Crippen molar-refractivity contribution >= 4 is 23.2 Å². The Morgan fingerprint density at radius 3 is 2.50 bits per heavy atom. The Morgan fingerprint density at radius 1 is 1.15 bits per heavy atom. The van der Waals surface area contributed by atoms with Crippen molar-refractivity contribution in [1.29, 1.82) is 0 Å². The molecule has 0 aliphatic carbocycles. The van der Waals surface area contributed by atoms with E-state index in [1.54, 1.807) is 23.5 Å². The van der Waals surface area contributed by atoms with E-state index in [4.69, 9.17) is 5.73 Å². The highest BCUT2D eigenvalue weighted by atomic mass is 32.1. The number of carbonyl (C=O) groups is 2. The third-order valence-electron chi connectivity index (χ3n) is 4.91. The van der Waals surface area contributed by atoms with Crippen molar-refractivity contribution in [3.63, 3.8) is 0 Å². The molecule has 1 aromatic heterocycles. The molecule has 0 radical (unpaired) electrons. The average molecular weight is 372 g/mol. The normalized spacial score (nSPS) is 16.9. The predicted octanol–water partition coefficient (Wildman–Crippen LogP) is 2.35. The molecular weight excluding hydrogens is 346 g/mol. The van der Waals surface area contributed by atoms with E-state index in [1.807, 2.05) is 18.2 Å². The van der Waals surface area contributed by atoms with Crippen LogP contribution in [-0.4, -0.2) is 36.3 Å². The summed E-state index contributed by atoms with van der Waals surface area (Å²) in [6, 6.07) is 13.2. The van der Waals surface area contributed by atoms with E-state index in [-0.39, 0.29) is 5.91 Å². The van der Waals surface area contributed by atoms with Crippen molar-refractivity contribution < 1.29 is 9.59 Å². The molecule has 1 aromatic carbocycles. The van der Waals surface area contributed by atoms with Gasteiger partial charge in [0.25, 0.3) is 0 Å². The first-order chi connectivity index (χ1) is 12.6. The summed E-state index contributed by atoms with van der Waals surface area (Å²) in [7, 11) is 0. The van der Waals surface area contributed by atoms with Crippen molar-refractivity contribution in [2.24, 2.45) is 11.7 Å². The van der Waals surface area contributed by atoms with Crippen LogP contribution in [0.2, 0.25) is 0 Å². The quantitative estimate of drug-likeness (QED) is 0.734. The number of nitrogens with zero attached hydrogens (tertiary/aromatic N) is 1. The summed E-state index contributed by atoms with van der Waals surface area (Å²) in [6.45, 7) is 3.68. The Labute approximate surface area is 158 Å². The van der Waals surface area contributed by atoms with E-state index in [9.17, 15) is 9.59 Å².